The number of aromatic nitrogens is 2. The summed E-state index contributed by atoms with van der Waals surface area (Å²) in [5.41, 5.74) is 7.86. The average Bonchev–Trinajstić information content (AvgIpc) is 2.58. The van der Waals surface area contributed by atoms with Crippen molar-refractivity contribution in [2.24, 2.45) is 7.05 Å². The van der Waals surface area contributed by atoms with E-state index in [9.17, 15) is 0 Å². The molecule has 0 aliphatic rings. The fraction of sp³-hybridized carbons (Fsp3) is 0.308. The van der Waals surface area contributed by atoms with Gasteiger partial charge in [-0.25, -0.2) is 4.98 Å². The Morgan fingerprint density at radius 2 is 2.18 bits per heavy atom. The summed E-state index contributed by atoms with van der Waals surface area (Å²) in [6, 6.07) is 7.61. The van der Waals surface area contributed by atoms with Crippen molar-refractivity contribution in [1.29, 1.82) is 0 Å². The summed E-state index contributed by atoms with van der Waals surface area (Å²) in [5.74, 6) is 1.70. The van der Waals surface area contributed by atoms with E-state index in [2.05, 4.69) is 11.9 Å². The Morgan fingerprint density at radius 1 is 1.41 bits per heavy atom. The highest BCUT2D eigenvalue weighted by molar-refractivity contribution is 6.30. The Hall–Kier alpha value is -1.48. The first-order valence-corrected chi connectivity index (χ1v) is 6.08. The van der Waals surface area contributed by atoms with Crippen LogP contribution in [0.3, 0.4) is 0 Å². The van der Waals surface area contributed by atoms with E-state index < -0.39 is 0 Å². The fourth-order valence-corrected chi connectivity index (χ4v) is 2.04. The summed E-state index contributed by atoms with van der Waals surface area (Å²) in [6.07, 6.45) is 1.99. The van der Waals surface area contributed by atoms with Crippen LogP contribution in [0.4, 0.5) is 5.82 Å². The number of nitrogens with zero attached hydrogens (tertiary/aromatic N) is 2. The van der Waals surface area contributed by atoms with Gasteiger partial charge in [0.1, 0.15) is 17.3 Å². The van der Waals surface area contributed by atoms with E-state index in [0.717, 1.165) is 29.9 Å². The van der Waals surface area contributed by atoms with E-state index in [1.54, 1.807) is 0 Å². The van der Waals surface area contributed by atoms with Gasteiger partial charge in [0.15, 0.2) is 0 Å². The number of hydrogen-bond donors (Lipinski definition) is 1. The van der Waals surface area contributed by atoms with Crippen molar-refractivity contribution in [1.82, 2.24) is 9.55 Å². The predicted octanol–water partition coefficient (Wildman–Crippen LogP) is 3.28. The van der Waals surface area contributed by atoms with Gasteiger partial charge in [0.25, 0.3) is 0 Å². The quantitative estimate of drug-likeness (QED) is 0.907. The van der Waals surface area contributed by atoms with Crippen LogP contribution < -0.4 is 5.73 Å². The zero-order chi connectivity index (χ0) is 12.4. The maximum atomic E-state index is 6.07. The van der Waals surface area contributed by atoms with Gasteiger partial charge in [-0.1, -0.05) is 30.7 Å². The minimum absolute atomic E-state index is 0.690. The van der Waals surface area contributed by atoms with Crippen LogP contribution >= 0.6 is 11.6 Å². The van der Waals surface area contributed by atoms with Crippen LogP contribution in [0, 0.1) is 0 Å². The van der Waals surface area contributed by atoms with Crippen molar-refractivity contribution >= 4 is 17.4 Å². The molecule has 0 atom stereocenters. The van der Waals surface area contributed by atoms with Gasteiger partial charge in [0, 0.05) is 24.1 Å². The molecule has 0 radical (unpaired) electrons. The second-order valence-electron chi connectivity index (χ2n) is 4.08. The van der Waals surface area contributed by atoms with Gasteiger partial charge in [0.05, 0.1) is 0 Å². The first kappa shape index (κ1) is 12.0. The second kappa shape index (κ2) is 4.80. The molecule has 2 rings (SSSR count). The number of halogens is 1. The standard InChI is InChI=1S/C13H16ClN3/c1-3-5-11-16-12(13(15)17(11)2)9-6-4-7-10(14)8-9/h4,6-8H,3,5,15H2,1-2H3. The molecule has 4 heteroatoms. The van der Waals surface area contributed by atoms with Crippen molar-refractivity contribution in [3.05, 3.63) is 35.1 Å². The zero-order valence-corrected chi connectivity index (χ0v) is 10.8. The molecule has 17 heavy (non-hydrogen) atoms. The van der Waals surface area contributed by atoms with E-state index in [0.29, 0.717) is 10.8 Å². The summed E-state index contributed by atoms with van der Waals surface area (Å²) < 4.78 is 1.94. The Balaban J connectivity index is 2.49. The molecular formula is C13H16ClN3. The lowest BCUT2D eigenvalue weighted by Crippen LogP contribution is -2.01. The molecule has 0 saturated heterocycles. The highest BCUT2D eigenvalue weighted by Crippen LogP contribution is 2.27. The largest absolute Gasteiger partial charge is 0.383 e. The number of anilines is 1. The molecule has 1 aromatic heterocycles. The van der Waals surface area contributed by atoms with E-state index in [1.807, 2.05) is 35.9 Å². The Bertz CT molecular complexity index is 531. The monoisotopic (exact) mass is 249 g/mol. The van der Waals surface area contributed by atoms with Gasteiger partial charge < -0.3 is 10.3 Å². The molecule has 0 unspecified atom stereocenters. The normalized spacial score (nSPS) is 10.8. The Morgan fingerprint density at radius 3 is 2.82 bits per heavy atom. The third kappa shape index (κ3) is 2.29. The molecule has 0 aliphatic carbocycles. The molecular weight excluding hydrogens is 234 g/mol. The molecule has 1 heterocycles. The second-order valence-corrected chi connectivity index (χ2v) is 4.52. The molecule has 0 spiro atoms. The first-order valence-electron chi connectivity index (χ1n) is 5.70. The van der Waals surface area contributed by atoms with Gasteiger partial charge >= 0.3 is 0 Å². The number of aryl methyl sites for hydroxylation is 1. The van der Waals surface area contributed by atoms with Crippen LogP contribution in [0.1, 0.15) is 19.2 Å². The van der Waals surface area contributed by atoms with Crippen LogP contribution in [0.25, 0.3) is 11.3 Å². The lowest BCUT2D eigenvalue weighted by atomic mass is 10.1. The van der Waals surface area contributed by atoms with E-state index >= 15 is 0 Å². The zero-order valence-electron chi connectivity index (χ0n) is 10.1. The lowest BCUT2D eigenvalue weighted by molar-refractivity contribution is 0.764. The SMILES string of the molecule is CCCc1nc(-c2cccc(Cl)c2)c(N)n1C. The van der Waals surface area contributed by atoms with Crippen LogP contribution in [-0.2, 0) is 13.5 Å². The third-order valence-corrected chi connectivity index (χ3v) is 3.04. The molecule has 3 nitrogen and oxygen atoms in total. The molecule has 0 fully saturated rings. The molecule has 0 amide bonds. The lowest BCUT2D eigenvalue weighted by Gasteiger charge is -2.01. The van der Waals surface area contributed by atoms with Crippen molar-refractivity contribution in [2.45, 2.75) is 19.8 Å². The number of rotatable bonds is 3. The minimum Gasteiger partial charge on any atom is -0.383 e. The molecule has 0 bridgehead atoms. The Kier molecular flexibility index (Phi) is 3.38. The van der Waals surface area contributed by atoms with Gasteiger partial charge in [0.2, 0.25) is 0 Å². The van der Waals surface area contributed by atoms with Crippen LogP contribution in [-0.4, -0.2) is 9.55 Å². The summed E-state index contributed by atoms with van der Waals surface area (Å²) in [6.45, 7) is 2.13. The fourth-order valence-electron chi connectivity index (χ4n) is 1.85. The summed E-state index contributed by atoms with van der Waals surface area (Å²) in [5, 5.41) is 0.699. The van der Waals surface area contributed by atoms with Gasteiger partial charge in [-0.15, -0.1) is 0 Å². The van der Waals surface area contributed by atoms with Crippen LogP contribution in [0.5, 0.6) is 0 Å². The Labute approximate surface area is 106 Å². The van der Waals surface area contributed by atoms with Gasteiger partial charge in [-0.2, -0.15) is 0 Å². The van der Waals surface area contributed by atoms with Crippen molar-refractivity contribution < 1.29 is 0 Å². The number of imidazole rings is 1. The molecule has 2 N–H and O–H groups in total. The average molecular weight is 250 g/mol. The molecule has 2 aromatic rings. The predicted molar refractivity (Wildman–Crippen MR) is 72.1 cm³/mol. The smallest absolute Gasteiger partial charge is 0.131 e. The maximum Gasteiger partial charge on any atom is 0.131 e. The molecule has 90 valence electrons. The minimum atomic E-state index is 0.690. The summed E-state index contributed by atoms with van der Waals surface area (Å²) >= 11 is 5.98. The van der Waals surface area contributed by atoms with E-state index in [1.165, 1.54) is 0 Å². The van der Waals surface area contributed by atoms with Crippen LogP contribution in [0.15, 0.2) is 24.3 Å². The van der Waals surface area contributed by atoms with Gasteiger partial charge in [-0.3, -0.25) is 0 Å². The molecule has 0 saturated carbocycles. The summed E-state index contributed by atoms with van der Waals surface area (Å²) in [4.78, 5) is 4.59. The topological polar surface area (TPSA) is 43.8 Å². The van der Waals surface area contributed by atoms with Crippen molar-refractivity contribution in [2.75, 3.05) is 5.73 Å². The van der Waals surface area contributed by atoms with Crippen molar-refractivity contribution in [3.63, 3.8) is 0 Å². The van der Waals surface area contributed by atoms with E-state index in [4.69, 9.17) is 17.3 Å². The van der Waals surface area contributed by atoms with Crippen LogP contribution in [0.2, 0.25) is 5.02 Å². The third-order valence-electron chi connectivity index (χ3n) is 2.80. The molecule has 1 aromatic carbocycles. The maximum absolute atomic E-state index is 6.07. The van der Waals surface area contributed by atoms with Crippen molar-refractivity contribution in [3.8, 4) is 11.3 Å². The highest BCUT2D eigenvalue weighted by Gasteiger charge is 2.13. The number of hydrogen-bond acceptors (Lipinski definition) is 2. The number of nitrogens with two attached hydrogens (primary N) is 1. The first-order chi connectivity index (χ1) is 8.13. The van der Waals surface area contributed by atoms with E-state index in [-0.39, 0.29) is 0 Å². The summed E-state index contributed by atoms with van der Waals surface area (Å²) in [7, 11) is 1.95. The molecule has 0 aliphatic heterocycles. The number of benzene rings is 1. The number of nitrogen functional groups attached to an aromatic ring is 1. The van der Waals surface area contributed by atoms with Gasteiger partial charge in [-0.05, 0) is 18.6 Å². The highest BCUT2D eigenvalue weighted by atomic mass is 35.5.